The highest BCUT2D eigenvalue weighted by atomic mass is 16.6. The van der Waals surface area contributed by atoms with Gasteiger partial charge in [-0.05, 0) is 62.4 Å². The van der Waals surface area contributed by atoms with Gasteiger partial charge in [-0.15, -0.1) is 0 Å². The minimum atomic E-state index is -0.477. The zero-order chi connectivity index (χ0) is 18.7. The van der Waals surface area contributed by atoms with Gasteiger partial charge in [0.2, 0.25) is 0 Å². The molecule has 0 spiro atoms. The van der Waals surface area contributed by atoms with Crippen LogP contribution in [0.1, 0.15) is 55.7 Å². The van der Waals surface area contributed by atoms with Crippen LogP contribution in [0.3, 0.4) is 0 Å². The molecule has 1 aromatic heterocycles. The summed E-state index contributed by atoms with van der Waals surface area (Å²) in [6.07, 6.45) is 2.18. The van der Waals surface area contributed by atoms with E-state index < -0.39 is 5.60 Å². The summed E-state index contributed by atoms with van der Waals surface area (Å²) in [4.78, 5) is 12.2. The average Bonchev–Trinajstić information content (AvgIpc) is 2.92. The quantitative estimate of drug-likeness (QED) is 0.562. The number of aryl methyl sites for hydroxylation is 1. The molecule has 0 aliphatic rings. The van der Waals surface area contributed by atoms with E-state index in [0.717, 1.165) is 19.4 Å². The van der Waals surface area contributed by atoms with Crippen molar-refractivity contribution in [3.05, 3.63) is 71.4 Å². The van der Waals surface area contributed by atoms with Crippen LogP contribution in [0.2, 0.25) is 0 Å². The van der Waals surface area contributed by atoms with Crippen molar-refractivity contribution in [2.45, 2.75) is 52.7 Å². The first-order chi connectivity index (χ1) is 12.4. The van der Waals surface area contributed by atoms with Crippen molar-refractivity contribution in [1.29, 1.82) is 0 Å². The highest BCUT2D eigenvalue weighted by Crippen LogP contribution is 2.23. The molecule has 1 heterocycles. The molecule has 26 heavy (non-hydrogen) atoms. The second-order valence-electron chi connectivity index (χ2n) is 7.73. The molecule has 0 amide bonds. The Bertz CT molecular complexity index is 898. The molecule has 0 atom stereocenters. The molecule has 3 heteroatoms. The molecule has 0 aliphatic carbocycles. The van der Waals surface area contributed by atoms with Crippen LogP contribution in [-0.4, -0.2) is 16.1 Å². The molecule has 3 aromatic rings. The van der Waals surface area contributed by atoms with Crippen molar-refractivity contribution in [1.82, 2.24) is 4.57 Å². The molecular weight excluding hydrogens is 322 g/mol. The summed E-state index contributed by atoms with van der Waals surface area (Å²) in [5.74, 6) is -0.276. The minimum absolute atomic E-state index is 0.276. The summed E-state index contributed by atoms with van der Waals surface area (Å²) in [6, 6.07) is 18.5. The summed E-state index contributed by atoms with van der Waals surface area (Å²) >= 11 is 0. The molecule has 0 bridgehead atoms. The van der Waals surface area contributed by atoms with Crippen LogP contribution in [0.15, 0.2) is 54.6 Å². The first kappa shape index (κ1) is 18.2. The van der Waals surface area contributed by atoms with Crippen molar-refractivity contribution in [3.8, 4) is 0 Å². The fourth-order valence-electron chi connectivity index (χ4n) is 3.18. The Kier molecular flexibility index (Phi) is 5.17. The number of fused-ring (bicyclic) bond motifs is 1. The molecule has 0 saturated heterocycles. The monoisotopic (exact) mass is 349 g/mol. The fourth-order valence-corrected chi connectivity index (χ4v) is 3.18. The summed E-state index contributed by atoms with van der Waals surface area (Å²) in [5, 5.41) is 1.28. The summed E-state index contributed by atoms with van der Waals surface area (Å²) in [5.41, 5.74) is 3.90. The Labute approximate surface area is 155 Å². The van der Waals surface area contributed by atoms with Crippen LogP contribution in [-0.2, 0) is 17.7 Å². The maximum atomic E-state index is 12.2. The molecule has 0 radical (unpaired) electrons. The number of aromatic nitrogens is 1. The Balaban J connectivity index is 1.84. The topological polar surface area (TPSA) is 31.2 Å². The van der Waals surface area contributed by atoms with E-state index >= 15 is 0 Å². The zero-order valence-electron chi connectivity index (χ0n) is 16.1. The maximum absolute atomic E-state index is 12.2. The third kappa shape index (κ3) is 4.16. The third-order valence-electron chi connectivity index (χ3n) is 4.33. The highest BCUT2D eigenvalue weighted by molar-refractivity contribution is 5.89. The van der Waals surface area contributed by atoms with Crippen molar-refractivity contribution >= 4 is 16.9 Å². The van der Waals surface area contributed by atoms with Gasteiger partial charge in [0.1, 0.15) is 5.60 Å². The molecule has 3 rings (SSSR count). The molecular formula is C23H27NO2. The maximum Gasteiger partial charge on any atom is 0.338 e. The Morgan fingerprint density at radius 2 is 1.73 bits per heavy atom. The van der Waals surface area contributed by atoms with Crippen LogP contribution in [0, 0.1) is 0 Å². The van der Waals surface area contributed by atoms with E-state index in [-0.39, 0.29) is 5.97 Å². The predicted molar refractivity (Wildman–Crippen MR) is 107 cm³/mol. The van der Waals surface area contributed by atoms with Crippen LogP contribution in [0.4, 0.5) is 0 Å². The van der Waals surface area contributed by atoms with Gasteiger partial charge in [-0.3, -0.25) is 0 Å². The van der Waals surface area contributed by atoms with Gasteiger partial charge >= 0.3 is 5.97 Å². The predicted octanol–water partition coefficient (Wildman–Crippen LogP) is 5.60. The molecule has 0 unspecified atom stereocenters. The van der Waals surface area contributed by atoms with Crippen molar-refractivity contribution in [3.63, 3.8) is 0 Å². The van der Waals surface area contributed by atoms with Gasteiger partial charge in [0, 0.05) is 17.8 Å². The second kappa shape index (κ2) is 7.36. The van der Waals surface area contributed by atoms with E-state index in [9.17, 15) is 4.79 Å². The number of hydrogen-bond acceptors (Lipinski definition) is 2. The number of benzene rings is 2. The van der Waals surface area contributed by atoms with E-state index in [1.807, 2.05) is 45.0 Å². The van der Waals surface area contributed by atoms with Gasteiger partial charge in [0.25, 0.3) is 0 Å². The molecule has 136 valence electrons. The molecule has 3 nitrogen and oxygen atoms in total. The normalized spacial score (nSPS) is 11.7. The van der Waals surface area contributed by atoms with Gasteiger partial charge < -0.3 is 9.30 Å². The van der Waals surface area contributed by atoms with E-state index in [1.165, 1.54) is 22.2 Å². The third-order valence-corrected chi connectivity index (χ3v) is 4.33. The SMILES string of the molecule is CCCc1cc2ccccc2n1Cc1ccc(C(=O)OC(C)(C)C)cc1. The largest absolute Gasteiger partial charge is 0.456 e. The zero-order valence-corrected chi connectivity index (χ0v) is 16.1. The van der Waals surface area contributed by atoms with E-state index in [2.05, 4.69) is 41.8 Å². The summed E-state index contributed by atoms with van der Waals surface area (Å²) in [6.45, 7) is 8.65. The lowest BCUT2D eigenvalue weighted by Crippen LogP contribution is -2.23. The number of esters is 1. The molecule has 0 saturated carbocycles. The number of carbonyl (C=O) groups is 1. The Morgan fingerprint density at radius 1 is 1.04 bits per heavy atom. The van der Waals surface area contributed by atoms with Crippen LogP contribution < -0.4 is 0 Å². The van der Waals surface area contributed by atoms with Crippen molar-refractivity contribution < 1.29 is 9.53 Å². The van der Waals surface area contributed by atoms with Crippen molar-refractivity contribution in [2.75, 3.05) is 0 Å². The fraction of sp³-hybridized carbons (Fsp3) is 0.348. The number of para-hydroxylation sites is 1. The smallest absolute Gasteiger partial charge is 0.338 e. The van der Waals surface area contributed by atoms with E-state index in [1.54, 1.807) is 0 Å². The standard InChI is InChI=1S/C23H27NO2/c1-5-8-20-15-19-9-6-7-10-21(19)24(20)16-17-11-13-18(14-12-17)22(25)26-23(2,3)4/h6-7,9-15H,5,8,16H2,1-4H3. The average molecular weight is 349 g/mol. The van der Waals surface area contributed by atoms with Gasteiger partial charge in [-0.1, -0.05) is 43.7 Å². The number of ether oxygens (including phenoxy) is 1. The van der Waals surface area contributed by atoms with Crippen molar-refractivity contribution in [2.24, 2.45) is 0 Å². The first-order valence-electron chi connectivity index (χ1n) is 9.27. The lowest BCUT2D eigenvalue weighted by Gasteiger charge is -2.19. The Morgan fingerprint density at radius 3 is 2.38 bits per heavy atom. The van der Waals surface area contributed by atoms with Crippen LogP contribution >= 0.6 is 0 Å². The van der Waals surface area contributed by atoms with Gasteiger partial charge in [0.15, 0.2) is 0 Å². The van der Waals surface area contributed by atoms with Gasteiger partial charge in [-0.25, -0.2) is 4.79 Å². The van der Waals surface area contributed by atoms with Crippen LogP contribution in [0.5, 0.6) is 0 Å². The number of nitrogens with zero attached hydrogens (tertiary/aromatic N) is 1. The van der Waals surface area contributed by atoms with E-state index in [4.69, 9.17) is 4.74 Å². The van der Waals surface area contributed by atoms with Gasteiger partial charge in [-0.2, -0.15) is 0 Å². The molecule has 0 N–H and O–H groups in total. The second-order valence-corrected chi connectivity index (χ2v) is 7.73. The summed E-state index contributed by atoms with van der Waals surface area (Å²) < 4.78 is 7.81. The molecule has 0 aliphatic heterocycles. The molecule has 0 fully saturated rings. The Hall–Kier alpha value is -2.55. The van der Waals surface area contributed by atoms with E-state index in [0.29, 0.717) is 5.56 Å². The first-order valence-corrected chi connectivity index (χ1v) is 9.27. The number of rotatable bonds is 5. The van der Waals surface area contributed by atoms with Crippen LogP contribution in [0.25, 0.3) is 10.9 Å². The lowest BCUT2D eigenvalue weighted by molar-refractivity contribution is 0.00695. The highest BCUT2D eigenvalue weighted by Gasteiger charge is 2.17. The summed E-state index contributed by atoms with van der Waals surface area (Å²) in [7, 11) is 0. The lowest BCUT2D eigenvalue weighted by atomic mass is 10.1. The molecule has 2 aromatic carbocycles. The minimum Gasteiger partial charge on any atom is -0.456 e. The number of hydrogen-bond donors (Lipinski definition) is 0. The number of carbonyl (C=O) groups excluding carboxylic acids is 1. The van der Waals surface area contributed by atoms with Gasteiger partial charge in [0.05, 0.1) is 5.56 Å².